The van der Waals surface area contributed by atoms with Crippen LogP contribution in [0.4, 0.5) is 0 Å². The number of pyridine rings is 1. The van der Waals surface area contributed by atoms with Gasteiger partial charge < -0.3 is 15.4 Å². The SMILES string of the molecule is N[C@@H](Cc1ccccn1)c1ccccc1-c1noc2cc(CO)ccc12. The van der Waals surface area contributed by atoms with Crippen LogP contribution in [0.3, 0.4) is 0 Å². The average molecular weight is 345 g/mol. The van der Waals surface area contributed by atoms with Gasteiger partial charge in [0.05, 0.1) is 6.61 Å². The Labute approximate surface area is 151 Å². The van der Waals surface area contributed by atoms with Gasteiger partial charge in [-0.3, -0.25) is 4.98 Å². The van der Waals surface area contributed by atoms with E-state index >= 15 is 0 Å². The van der Waals surface area contributed by atoms with Crippen molar-refractivity contribution >= 4 is 11.0 Å². The van der Waals surface area contributed by atoms with Gasteiger partial charge in [0.2, 0.25) is 0 Å². The number of nitrogens with two attached hydrogens (primary N) is 1. The molecule has 0 aliphatic rings. The van der Waals surface area contributed by atoms with Crippen LogP contribution >= 0.6 is 0 Å². The monoisotopic (exact) mass is 345 g/mol. The quantitative estimate of drug-likeness (QED) is 0.577. The van der Waals surface area contributed by atoms with Gasteiger partial charge in [-0.25, -0.2) is 0 Å². The molecule has 2 heterocycles. The summed E-state index contributed by atoms with van der Waals surface area (Å²) in [6.45, 7) is -0.0302. The number of aliphatic hydroxyl groups excluding tert-OH is 1. The molecular formula is C21H19N3O2. The molecule has 130 valence electrons. The zero-order valence-corrected chi connectivity index (χ0v) is 14.2. The number of aromatic nitrogens is 2. The lowest BCUT2D eigenvalue weighted by Crippen LogP contribution is -2.15. The van der Waals surface area contributed by atoms with Crippen LogP contribution in [-0.2, 0) is 13.0 Å². The summed E-state index contributed by atoms with van der Waals surface area (Å²) in [5, 5.41) is 14.5. The fraction of sp³-hybridized carbons (Fsp3) is 0.143. The fourth-order valence-corrected chi connectivity index (χ4v) is 3.16. The highest BCUT2D eigenvalue weighted by atomic mass is 16.5. The largest absolute Gasteiger partial charge is 0.392 e. The van der Waals surface area contributed by atoms with E-state index in [9.17, 15) is 5.11 Å². The Hall–Kier alpha value is -3.02. The summed E-state index contributed by atoms with van der Waals surface area (Å²) in [5.74, 6) is 0. The molecule has 26 heavy (non-hydrogen) atoms. The molecule has 0 fully saturated rings. The van der Waals surface area contributed by atoms with Crippen LogP contribution in [0.1, 0.15) is 22.9 Å². The second-order valence-electron chi connectivity index (χ2n) is 6.24. The molecule has 0 aliphatic carbocycles. The number of fused-ring (bicyclic) bond motifs is 1. The van der Waals surface area contributed by atoms with Crippen LogP contribution in [0, 0.1) is 0 Å². The van der Waals surface area contributed by atoms with Gasteiger partial charge in [-0.15, -0.1) is 0 Å². The van der Waals surface area contributed by atoms with Crippen molar-refractivity contribution in [2.75, 3.05) is 0 Å². The van der Waals surface area contributed by atoms with Crippen molar-refractivity contribution in [1.29, 1.82) is 0 Å². The summed E-state index contributed by atoms with van der Waals surface area (Å²) in [7, 11) is 0. The smallest absolute Gasteiger partial charge is 0.167 e. The molecule has 4 aromatic rings. The van der Waals surface area contributed by atoms with Gasteiger partial charge in [-0.1, -0.05) is 41.6 Å². The van der Waals surface area contributed by atoms with E-state index in [1.807, 2.05) is 60.7 Å². The molecule has 0 unspecified atom stereocenters. The number of nitrogens with zero attached hydrogens (tertiary/aromatic N) is 2. The Morgan fingerprint density at radius 2 is 1.88 bits per heavy atom. The highest BCUT2D eigenvalue weighted by Gasteiger charge is 2.18. The maximum absolute atomic E-state index is 9.29. The third-order valence-electron chi connectivity index (χ3n) is 4.49. The molecule has 2 aromatic heterocycles. The predicted molar refractivity (Wildman–Crippen MR) is 100 cm³/mol. The molecule has 0 amide bonds. The van der Waals surface area contributed by atoms with Crippen molar-refractivity contribution < 1.29 is 9.63 Å². The van der Waals surface area contributed by atoms with Crippen molar-refractivity contribution in [3.05, 3.63) is 83.7 Å². The van der Waals surface area contributed by atoms with Crippen molar-refractivity contribution in [2.45, 2.75) is 19.1 Å². The molecule has 0 saturated heterocycles. The van der Waals surface area contributed by atoms with E-state index < -0.39 is 0 Å². The lowest BCUT2D eigenvalue weighted by molar-refractivity contribution is 0.282. The van der Waals surface area contributed by atoms with E-state index in [4.69, 9.17) is 10.3 Å². The second-order valence-corrected chi connectivity index (χ2v) is 6.24. The Morgan fingerprint density at radius 1 is 1.04 bits per heavy atom. The summed E-state index contributed by atoms with van der Waals surface area (Å²) in [6.07, 6.45) is 2.42. The average Bonchev–Trinajstić information content (AvgIpc) is 3.11. The third-order valence-corrected chi connectivity index (χ3v) is 4.49. The molecule has 3 N–H and O–H groups in total. The highest BCUT2D eigenvalue weighted by molar-refractivity contribution is 5.92. The minimum Gasteiger partial charge on any atom is -0.392 e. The zero-order chi connectivity index (χ0) is 17.9. The molecule has 0 bridgehead atoms. The van der Waals surface area contributed by atoms with Crippen molar-refractivity contribution in [1.82, 2.24) is 10.1 Å². The Kier molecular flexibility index (Phi) is 4.48. The summed E-state index contributed by atoms with van der Waals surface area (Å²) in [6, 6.07) is 19.2. The molecule has 5 nitrogen and oxygen atoms in total. The standard InChI is InChI=1S/C21H19N3O2/c22-19(12-15-5-3-4-10-23-15)16-6-1-2-7-17(16)21-18-9-8-14(13-25)11-20(18)26-24-21/h1-11,19,25H,12-13,22H2/t19-/m0/s1. The fourth-order valence-electron chi connectivity index (χ4n) is 3.16. The van der Waals surface area contributed by atoms with Gasteiger partial charge in [0, 0.05) is 35.3 Å². The maximum atomic E-state index is 9.29. The molecule has 0 saturated carbocycles. The molecule has 0 spiro atoms. The molecule has 0 aliphatic heterocycles. The first kappa shape index (κ1) is 16.4. The van der Waals surface area contributed by atoms with Gasteiger partial charge in [0.15, 0.2) is 5.58 Å². The number of aliphatic hydroxyl groups is 1. The number of benzene rings is 2. The maximum Gasteiger partial charge on any atom is 0.167 e. The molecule has 1 atom stereocenters. The first-order chi connectivity index (χ1) is 12.8. The van der Waals surface area contributed by atoms with E-state index in [0.29, 0.717) is 12.0 Å². The Balaban J connectivity index is 1.74. The van der Waals surface area contributed by atoms with Crippen molar-refractivity contribution in [2.24, 2.45) is 5.73 Å². The number of hydrogen-bond acceptors (Lipinski definition) is 5. The van der Waals surface area contributed by atoms with E-state index in [1.165, 1.54) is 0 Å². The first-order valence-corrected chi connectivity index (χ1v) is 8.50. The van der Waals surface area contributed by atoms with E-state index in [2.05, 4.69) is 10.1 Å². The minimum absolute atomic E-state index is 0.0302. The Morgan fingerprint density at radius 3 is 2.69 bits per heavy atom. The molecular weight excluding hydrogens is 326 g/mol. The van der Waals surface area contributed by atoms with Crippen LogP contribution in [0.15, 0.2) is 71.4 Å². The van der Waals surface area contributed by atoms with Gasteiger partial charge in [0.25, 0.3) is 0 Å². The third kappa shape index (κ3) is 3.10. The topological polar surface area (TPSA) is 85.2 Å². The van der Waals surface area contributed by atoms with Crippen LogP contribution in [-0.4, -0.2) is 15.2 Å². The molecule has 2 aromatic carbocycles. The molecule has 5 heteroatoms. The normalized spacial score (nSPS) is 12.4. The summed E-state index contributed by atoms with van der Waals surface area (Å²) in [5.41, 5.74) is 11.6. The molecule has 4 rings (SSSR count). The van der Waals surface area contributed by atoms with E-state index in [0.717, 1.165) is 33.5 Å². The van der Waals surface area contributed by atoms with E-state index in [1.54, 1.807) is 6.20 Å². The number of hydrogen-bond donors (Lipinski definition) is 2. The van der Waals surface area contributed by atoms with Crippen molar-refractivity contribution in [3.8, 4) is 11.3 Å². The van der Waals surface area contributed by atoms with Gasteiger partial charge in [-0.2, -0.15) is 0 Å². The van der Waals surface area contributed by atoms with Gasteiger partial charge in [-0.05, 0) is 35.4 Å². The lowest BCUT2D eigenvalue weighted by atomic mass is 9.94. The number of rotatable bonds is 5. The minimum atomic E-state index is -0.204. The van der Waals surface area contributed by atoms with Crippen LogP contribution < -0.4 is 5.73 Å². The summed E-state index contributed by atoms with van der Waals surface area (Å²) in [4.78, 5) is 4.37. The Bertz CT molecular complexity index is 1030. The molecule has 0 radical (unpaired) electrons. The first-order valence-electron chi connectivity index (χ1n) is 8.50. The zero-order valence-electron chi connectivity index (χ0n) is 14.2. The highest BCUT2D eigenvalue weighted by Crippen LogP contribution is 2.33. The lowest BCUT2D eigenvalue weighted by Gasteiger charge is -2.15. The predicted octanol–water partition coefficient (Wildman–Crippen LogP) is 3.62. The van der Waals surface area contributed by atoms with Crippen molar-refractivity contribution in [3.63, 3.8) is 0 Å². The van der Waals surface area contributed by atoms with Gasteiger partial charge >= 0.3 is 0 Å². The van der Waals surface area contributed by atoms with Crippen LogP contribution in [0.2, 0.25) is 0 Å². The van der Waals surface area contributed by atoms with Crippen LogP contribution in [0.5, 0.6) is 0 Å². The summed E-state index contributed by atoms with van der Waals surface area (Å²) >= 11 is 0. The summed E-state index contributed by atoms with van der Waals surface area (Å²) < 4.78 is 5.48. The second kappa shape index (κ2) is 7.07. The van der Waals surface area contributed by atoms with Crippen LogP contribution in [0.25, 0.3) is 22.2 Å². The van der Waals surface area contributed by atoms with E-state index in [-0.39, 0.29) is 12.6 Å². The van der Waals surface area contributed by atoms with Gasteiger partial charge in [0.1, 0.15) is 5.69 Å².